The highest BCUT2D eigenvalue weighted by molar-refractivity contribution is 7.09. The molecule has 0 aliphatic heterocycles. The highest BCUT2D eigenvalue weighted by Gasteiger charge is 2.19. The molecule has 0 saturated heterocycles. The van der Waals surface area contributed by atoms with Crippen LogP contribution in [-0.4, -0.2) is 43.0 Å². The van der Waals surface area contributed by atoms with Gasteiger partial charge < -0.3 is 15.4 Å². The van der Waals surface area contributed by atoms with E-state index >= 15 is 0 Å². The third-order valence-corrected chi connectivity index (χ3v) is 6.82. The van der Waals surface area contributed by atoms with Gasteiger partial charge in [-0.05, 0) is 73.5 Å². The molecule has 0 aliphatic rings. The summed E-state index contributed by atoms with van der Waals surface area (Å²) in [5.74, 6) is 0.382. The minimum absolute atomic E-state index is 0.0676. The van der Waals surface area contributed by atoms with Crippen molar-refractivity contribution < 1.29 is 14.3 Å². The number of hydrogen-bond acceptors (Lipinski definition) is 5. The molecule has 0 saturated carbocycles. The third kappa shape index (κ3) is 7.43. The fourth-order valence-electron chi connectivity index (χ4n) is 3.68. The molecule has 3 rings (SSSR count). The molecule has 1 unspecified atom stereocenters. The van der Waals surface area contributed by atoms with Gasteiger partial charge in [0.1, 0.15) is 5.75 Å². The Kier molecular flexibility index (Phi) is 9.24. The Hall–Kier alpha value is -3.16. The first kappa shape index (κ1) is 25.5. The molecule has 3 aromatic rings. The number of nitrogens with one attached hydrogen (secondary N) is 2. The Morgan fingerprint density at radius 2 is 1.79 bits per heavy atom. The molecule has 2 amide bonds. The predicted octanol–water partition coefficient (Wildman–Crippen LogP) is 4.56. The summed E-state index contributed by atoms with van der Waals surface area (Å²) in [7, 11) is 1.64. The number of aryl methyl sites for hydroxylation is 1. The Balaban J connectivity index is 1.60. The van der Waals surface area contributed by atoms with E-state index in [9.17, 15) is 9.59 Å². The second-order valence-electron chi connectivity index (χ2n) is 8.46. The number of benzene rings is 2. The van der Waals surface area contributed by atoms with E-state index in [2.05, 4.69) is 33.9 Å². The molecule has 180 valence electrons. The van der Waals surface area contributed by atoms with Crippen LogP contribution in [-0.2, 0) is 22.6 Å². The van der Waals surface area contributed by atoms with Crippen molar-refractivity contribution in [1.29, 1.82) is 0 Å². The van der Waals surface area contributed by atoms with Gasteiger partial charge in [-0.1, -0.05) is 30.3 Å². The van der Waals surface area contributed by atoms with Gasteiger partial charge in [0.25, 0.3) is 0 Å². The molecule has 1 aromatic heterocycles. The van der Waals surface area contributed by atoms with Gasteiger partial charge in [-0.3, -0.25) is 14.5 Å². The highest BCUT2D eigenvalue weighted by Crippen LogP contribution is 2.19. The molecule has 2 aromatic carbocycles. The summed E-state index contributed by atoms with van der Waals surface area (Å²) in [6.45, 7) is 6.86. The van der Waals surface area contributed by atoms with E-state index in [0.717, 1.165) is 34.5 Å². The number of thiophene rings is 1. The summed E-state index contributed by atoms with van der Waals surface area (Å²) in [6, 6.07) is 18.0. The van der Waals surface area contributed by atoms with Crippen LogP contribution < -0.4 is 15.4 Å². The van der Waals surface area contributed by atoms with Crippen molar-refractivity contribution >= 4 is 28.8 Å². The molecule has 7 heteroatoms. The van der Waals surface area contributed by atoms with Gasteiger partial charge in [-0.2, -0.15) is 0 Å². The monoisotopic (exact) mass is 479 g/mol. The van der Waals surface area contributed by atoms with Crippen molar-refractivity contribution in [2.45, 2.75) is 39.8 Å². The summed E-state index contributed by atoms with van der Waals surface area (Å²) in [5, 5.41) is 7.73. The minimum atomic E-state index is -0.240. The molecule has 1 heterocycles. The second-order valence-corrected chi connectivity index (χ2v) is 9.49. The number of ether oxygens (including phenoxy) is 1. The normalized spacial score (nSPS) is 11.8. The minimum Gasteiger partial charge on any atom is -0.497 e. The average molecular weight is 480 g/mol. The number of hydrogen-bond donors (Lipinski definition) is 2. The maximum Gasteiger partial charge on any atom is 0.243 e. The van der Waals surface area contributed by atoms with Crippen LogP contribution in [0.2, 0.25) is 0 Å². The van der Waals surface area contributed by atoms with E-state index in [1.807, 2.05) is 62.4 Å². The molecule has 0 bridgehead atoms. The number of carbonyl (C=O) groups is 2. The summed E-state index contributed by atoms with van der Waals surface area (Å²) >= 11 is 1.72. The van der Waals surface area contributed by atoms with Crippen LogP contribution in [0.1, 0.15) is 28.5 Å². The molecule has 2 N–H and O–H groups in total. The van der Waals surface area contributed by atoms with Crippen molar-refractivity contribution in [3.63, 3.8) is 0 Å². The summed E-state index contributed by atoms with van der Waals surface area (Å²) in [5.41, 5.74) is 4.00. The Morgan fingerprint density at radius 1 is 1.03 bits per heavy atom. The van der Waals surface area contributed by atoms with Crippen molar-refractivity contribution in [2.24, 2.45) is 0 Å². The molecule has 34 heavy (non-hydrogen) atoms. The maximum atomic E-state index is 12.8. The lowest BCUT2D eigenvalue weighted by molar-refractivity contribution is -0.125. The van der Waals surface area contributed by atoms with Gasteiger partial charge >= 0.3 is 0 Å². The molecule has 0 spiro atoms. The fraction of sp³-hybridized carbons (Fsp3) is 0.333. The number of methoxy groups -OCH3 is 1. The topological polar surface area (TPSA) is 70.7 Å². The van der Waals surface area contributed by atoms with Crippen LogP contribution in [0.15, 0.2) is 60.0 Å². The third-order valence-electron chi connectivity index (χ3n) is 5.92. The first-order valence-corrected chi connectivity index (χ1v) is 12.3. The lowest BCUT2D eigenvalue weighted by atomic mass is 10.1. The zero-order valence-electron chi connectivity index (χ0n) is 20.3. The van der Waals surface area contributed by atoms with Gasteiger partial charge in [0.2, 0.25) is 11.8 Å². The lowest BCUT2D eigenvalue weighted by Gasteiger charge is -2.28. The number of rotatable bonds is 11. The van der Waals surface area contributed by atoms with E-state index in [1.165, 1.54) is 4.88 Å². The van der Waals surface area contributed by atoms with Crippen LogP contribution in [0.4, 0.5) is 5.69 Å². The highest BCUT2D eigenvalue weighted by atomic mass is 32.1. The summed E-state index contributed by atoms with van der Waals surface area (Å²) < 4.78 is 5.25. The summed E-state index contributed by atoms with van der Waals surface area (Å²) in [6.07, 6.45) is 0.855. The molecular formula is C27H33N3O3S. The predicted molar refractivity (Wildman–Crippen MR) is 138 cm³/mol. The molecule has 6 nitrogen and oxygen atoms in total. The van der Waals surface area contributed by atoms with Gasteiger partial charge in [0, 0.05) is 23.2 Å². The molecule has 0 aliphatic carbocycles. The molecule has 0 fully saturated rings. The van der Waals surface area contributed by atoms with Crippen molar-refractivity contribution in [2.75, 3.05) is 25.5 Å². The standard InChI is InChI=1S/C27H33N3O3S/c1-19-7-5-9-25(21(19)3)29-26(31)16-28-27(32)18-30(20(2)15-24-8-6-14-34-24)17-22-10-12-23(33-4)13-11-22/h5-14,20H,15-18H2,1-4H3,(H,28,32)(H,29,31). The fourth-order valence-corrected chi connectivity index (χ4v) is 4.51. The number of anilines is 1. The summed E-state index contributed by atoms with van der Waals surface area (Å²) in [4.78, 5) is 28.6. The van der Waals surface area contributed by atoms with Crippen molar-refractivity contribution in [1.82, 2.24) is 10.2 Å². The van der Waals surface area contributed by atoms with Gasteiger partial charge in [0.15, 0.2) is 0 Å². The Morgan fingerprint density at radius 3 is 2.47 bits per heavy atom. The van der Waals surface area contributed by atoms with Crippen LogP contribution in [0.5, 0.6) is 5.75 Å². The quantitative estimate of drug-likeness (QED) is 0.423. The first-order chi connectivity index (χ1) is 16.4. The van der Waals surface area contributed by atoms with Crippen LogP contribution in [0, 0.1) is 13.8 Å². The van der Waals surface area contributed by atoms with Gasteiger partial charge in [0.05, 0.1) is 20.2 Å². The lowest BCUT2D eigenvalue weighted by Crippen LogP contribution is -2.44. The van der Waals surface area contributed by atoms with E-state index in [1.54, 1.807) is 18.4 Å². The van der Waals surface area contributed by atoms with Crippen LogP contribution >= 0.6 is 11.3 Å². The zero-order chi connectivity index (χ0) is 24.5. The van der Waals surface area contributed by atoms with Crippen molar-refractivity contribution in [3.05, 3.63) is 81.5 Å². The second kappa shape index (κ2) is 12.3. The van der Waals surface area contributed by atoms with E-state index in [4.69, 9.17) is 4.74 Å². The molecule has 0 radical (unpaired) electrons. The largest absolute Gasteiger partial charge is 0.497 e. The SMILES string of the molecule is COc1ccc(CN(CC(=O)NCC(=O)Nc2cccc(C)c2C)C(C)Cc2cccs2)cc1. The Bertz CT molecular complexity index is 1080. The number of carbonyl (C=O) groups excluding carboxylic acids is 2. The van der Waals surface area contributed by atoms with Crippen LogP contribution in [0.3, 0.4) is 0 Å². The van der Waals surface area contributed by atoms with E-state index < -0.39 is 0 Å². The van der Waals surface area contributed by atoms with Crippen LogP contribution in [0.25, 0.3) is 0 Å². The van der Waals surface area contributed by atoms with Gasteiger partial charge in [-0.25, -0.2) is 0 Å². The number of amides is 2. The van der Waals surface area contributed by atoms with Crippen molar-refractivity contribution in [3.8, 4) is 5.75 Å². The zero-order valence-corrected chi connectivity index (χ0v) is 21.1. The van der Waals surface area contributed by atoms with E-state index in [-0.39, 0.29) is 30.9 Å². The first-order valence-electron chi connectivity index (χ1n) is 11.4. The van der Waals surface area contributed by atoms with Gasteiger partial charge in [-0.15, -0.1) is 11.3 Å². The number of nitrogens with zero attached hydrogens (tertiary/aromatic N) is 1. The smallest absolute Gasteiger partial charge is 0.243 e. The van der Waals surface area contributed by atoms with E-state index in [0.29, 0.717) is 6.54 Å². The Labute approximate surface area is 205 Å². The maximum absolute atomic E-state index is 12.8. The molecule has 1 atom stereocenters. The average Bonchev–Trinajstić information content (AvgIpc) is 3.34. The molecular weight excluding hydrogens is 446 g/mol.